The molecule has 0 radical (unpaired) electrons. The van der Waals surface area contributed by atoms with Crippen LogP contribution in [-0.2, 0) is 11.2 Å². The number of aromatic nitrogens is 1. The summed E-state index contributed by atoms with van der Waals surface area (Å²) in [5.74, 6) is -0.100. The Bertz CT molecular complexity index is 1380. The van der Waals surface area contributed by atoms with Crippen molar-refractivity contribution in [3.63, 3.8) is 0 Å². The maximum atomic E-state index is 13.2. The van der Waals surface area contributed by atoms with Crippen molar-refractivity contribution in [1.29, 1.82) is 0 Å². The van der Waals surface area contributed by atoms with E-state index in [1.807, 2.05) is 57.2 Å². The number of ether oxygens (including phenoxy) is 1. The molecular formula is C31H31N3O4. The van der Waals surface area contributed by atoms with Crippen LogP contribution in [0.5, 0.6) is 5.75 Å². The first-order chi connectivity index (χ1) is 18.2. The van der Waals surface area contributed by atoms with Crippen LogP contribution in [0.3, 0.4) is 0 Å². The Kier molecular flexibility index (Phi) is 8.06. The number of benzene rings is 3. The van der Waals surface area contributed by atoms with Gasteiger partial charge in [0, 0.05) is 41.8 Å². The molecule has 0 aliphatic carbocycles. The molecule has 2 N–H and O–H groups in total. The highest BCUT2D eigenvalue weighted by atomic mass is 16.6. The normalized spacial score (nSPS) is 11.0. The van der Waals surface area contributed by atoms with Crippen molar-refractivity contribution in [2.24, 2.45) is 0 Å². The van der Waals surface area contributed by atoms with Gasteiger partial charge in [-0.05, 0) is 86.5 Å². The number of nitrogens with one attached hydrogen (secondary N) is 1. The standard InChI is InChI=1S/C31H31N3O4/c1-31(2,3)38-30(37)34(21-19-23-8-6-7-20-32-23)25-15-13-24(14-16-25)33-29(36)28-10-5-4-9-27(28)22-11-17-26(35)18-12-22/h4-18,20,35H,19,21H2,1-3H3,(H,33,36). The van der Waals surface area contributed by atoms with Crippen LogP contribution in [0.1, 0.15) is 36.8 Å². The van der Waals surface area contributed by atoms with E-state index in [2.05, 4.69) is 10.3 Å². The molecule has 2 amide bonds. The van der Waals surface area contributed by atoms with Gasteiger partial charge in [0.15, 0.2) is 0 Å². The lowest BCUT2D eigenvalue weighted by molar-refractivity contribution is 0.0580. The molecule has 0 saturated heterocycles. The zero-order valence-electron chi connectivity index (χ0n) is 21.7. The second kappa shape index (κ2) is 11.6. The van der Waals surface area contributed by atoms with Gasteiger partial charge in [-0.15, -0.1) is 0 Å². The first kappa shape index (κ1) is 26.4. The van der Waals surface area contributed by atoms with Gasteiger partial charge in [0.25, 0.3) is 5.91 Å². The molecular weight excluding hydrogens is 478 g/mol. The van der Waals surface area contributed by atoms with Crippen molar-refractivity contribution in [1.82, 2.24) is 4.98 Å². The lowest BCUT2D eigenvalue weighted by atomic mass is 9.99. The Morgan fingerprint density at radius 3 is 2.24 bits per heavy atom. The summed E-state index contributed by atoms with van der Waals surface area (Å²) < 4.78 is 5.64. The van der Waals surface area contributed by atoms with Crippen LogP contribution in [0.15, 0.2) is 97.2 Å². The number of anilines is 2. The Hall–Kier alpha value is -4.65. The third-order valence-corrected chi connectivity index (χ3v) is 5.72. The van der Waals surface area contributed by atoms with Crippen LogP contribution in [-0.4, -0.2) is 34.2 Å². The average Bonchev–Trinajstić information content (AvgIpc) is 2.90. The summed E-state index contributed by atoms with van der Waals surface area (Å²) in [5, 5.41) is 12.5. The van der Waals surface area contributed by atoms with Gasteiger partial charge in [0.05, 0.1) is 0 Å². The van der Waals surface area contributed by atoms with Gasteiger partial charge >= 0.3 is 6.09 Å². The quantitative estimate of drug-likeness (QED) is 0.290. The number of hydrogen-bond donors (Lipinski definition) is 2. The predicted molar refractivity (Wildman–Crippen MR) is 149 cm³/mol. The monoisotopic (exact) mass is 509 g/mol. The number of phenols is 1. The third kappa shape index (κ3) is 6.97. The van der Waals surface area contributed by atoms with E-state index < -0.39 is 11.7 Å². The molecule has 0 saturated carbocycles. The van der Waals surface area contributed by atoms with Crippen molar-refractivity contribution in [2.45, 2.75) is 32.8 Å². The van der Waals surface area contributed by atoms with E-state index in [9.17, 15) is 14.7 Å². The van der Waals surface area contributed by atoms with Gasteiger partial charge in [0.1, 0.15) is 11.4 Å². The van der Waals surface area contributed by atoms with E-state index in [4.69, 9.17) is 4.74 Å². The molecule has 4 aromatic rings. The SMILES string of the molecule is CC(C)(C)OC(=O)N(CCc1ccccn1)c1ccc(NC(=O)c2ccccc2-c2ccc(O)cc2)cc1. The highest BCUT2D eigenvalue weighted by Crippen LogP contribution is 2.27. The van der Waals surface area contributed by atoms with E-state index in [0.29, 0.717) is 29.9 Å². The highest BCUT2D eigenvalue weighted by Gasteiger charge is 2.23. The zero-order chi connectivity index (χ0) is 27.1. The van der Waals surface area contributed by atoms with Crippen LogP contribution >= 0.6 is 0 Å². The number of amides is 2. The summed E-state index contributed by atoms with van der Waals surface area (Å²) in [7, 11) is 0. The summed E-state index contributed by atoms with van der Waals surface area (Å²) in [6.07, 6.45) is 1.84. The molecule has 0 atom stereocenters. The molecule has 1 aromatic heterocycles. The summed E-state index contributed by atoms with van der Waals surface area (Å²) in [5.41, 5.74) is 3.56. The molecule has 3 aromatic carbocycles. The lowest BCUT2D eigenvalue weighted by Gasteiger charge is -2.27. The number of pyridine rings is 1. The van der Waals surface area contributed by atoms with Gasteiger partial charge in [-0.2, -0.15) is 0 Å². The Balaban J connectivity index is 1.52. The van der Waals surface area contributed by atoms with Crippen LogP contribution in [0.2, 0.25) is 0 Å². The minimum absolute atomic E-state index is 0.163. The second-order valence-corrected chi connectivity index (χ2v) is 9.80. The molecule has 38 heavy (non-hydrogen) atoms. The van der Waals surface area contributed by atoms with Crippen LogP contribution in [0.25, 0.3) is 11.1 Å². The fourth-order valence-corrected chi connectivity index (χ4v) is 3.91. The average molecular weight is 510 g/mol. The summed E-state index contributed by atoms with van der Waals surface area (Å²) >= 11 is 0. The Labute approximate surface area is 222 Å². The van der Waals surface area contributed by atoms with Crippen molar-refractivity contribution in [3.05, 3.63) is 108 Å². The number of nitrogens with zero attached hydrogens (tertiary/aromatic N) is 2. The summed E-state index contributed by atoms with van der Waals surface area (Å²) in [4.78, 5) is 32.1. The number of aromatic hydroxyl groups is 1. The molecule has 0 spiro atoms. The van der Waals surface area contributed by atoms with Crippen LogP contribution < -0.4 is 10.2 Å². The van der Waals surface area contributed by atoms with E-state index in [-0.39, 0.29) is 11.7 Å². The molecule has 7 nitrogen and oxygen atoms in total. The molecule has 4 rings (SSSR count). The zero-order valence-corrected chi connectivity index (χ0v) is 21.7. The molecule has 0 unspecified atom stereocenters. The number of phenolic OH excluding ortho intramolecular Hbond substituents is 1. The molecule has 0 bridgehead atoms. The van der Waals surface area contributed by atoms with Crippen LogP contribution in [0, 0.1) is 0 Å². The molecule has 0 aliphatic heterocycles. The van der Waals surface area contributed by atoms with Gasteiger partial charge < -0.3 is 15.2 Å². The number of rotatable bonds is 7. The van der Waals surface area contributed by atoms with Gasteiger partial charge in [-0.3, -0.25) is 14.7 Å². The van der Waals surface area contributed by atoms with Gasteiger partial charge in [-0.1, -0.05) is 36.4 Å². The largest absolute Gasteiger partial charge is 0.508 e. The molecule has 1 heterocycles. The van der Waals surface area contributed by atoms with Crippen molar-refractivity contribution >= 4 is 23.4 Å². The fourth-order valence-electron chi connectivity index (χ4n) is 3.91. The van der Waals surface area contributed by atoms with Crippen molar-refractivity contribution in [2.75, 3.05) is 16.8 Å². The number of carbonyl (C=O) groups is 2. The summed E-state index contributed by atoms with van der Waals surface area (Å²) in [6, 6.07) is 26.8. The second-order valence-electron chi connectivity index (χ2n) is 9.80. The maximum absolute atomic E-state index is 13.2. The smallest absolute Gasteiger partial charge is 0.414 e. The predicted octanol–water partition coefficient (Wildman–Crippen LogP) is 6.69. The third-order valence-electron chi connectivity index (χ3n) is 5.72. The minimum Gasteiger partial charge on any atom is -0.508 e. The van der Waals surface area contributed by atoms with Crippen molar-refractivity contribution < 1.29 is 19.4 Å². The number of carbonyl (C=O) groups excluding carboxylic acids is 2. The van der Waals surface area contributed by atoms with E-state index in [1.54, 1.807) is 65.7 Å². The maximum Gasteiger partial charge on any atom is 0.414 e. The topological polar surface area (TPSA) is 91.8 Å². The Morgan fingerprint density at radius 1 is 0.895 bits per heavy atom. The molecule has 0 aliphatic rings. The van der Waals surface area contributed by atoms with Crippen LogP contribution in [0.4, 0.5) is 16.2 Å². The van der Waals surface area contributed by atoms with Gasteiger partial charge in [0.2, 0.25) is 0 Å². The van der Waals surface area contributed by atoms with Gasteiger partial charge in [-0.25, -0.2) is 4.79 Å². The summed E-state index contributed by atoms with van der Waals surface area (Å²) in [6.45, 7) is 5.88. The fraction of sp³-hybridized carbons (Fsp3) is 0.194. The minimum atomic E-state index is -0.640. The van der Waals surface area contributed by atoms with Crippen molar-refractivity contribution in [3.8, 4) is 16.9 Å². The molecule has 0 fully saturated rings. The van der Waals surface area contributed by atoms with E-state index in [0.717, 1.165) is 16.8 Å². The Morgan fingerprint density at radius 2 is 1.58 bits per heavy atom. The highest BCUT2D eigenvalue weighted by molar-refractivity contribution is 6.08. The number of hydrogen-bond acceptors (Lipinski definition) is 5. The first-order valence-electron chi connectivity index (χ1n) is 12.4. The molecule has 7 heteroatoms. The lowest BCUT2D eigenvalue weighted by Crippen LogP contribution is -2.38. The molecule has 194 valence electrons. The first-order valence-corrected chi connectivity index (χ1v) is 12.4. The van der Waals surface area contributed by atoms with E-state index in [1.165, 1.54) is 0 Å². The van der Waals surface area contributed by atoms with E-state index >= 15 is 0 Å².